The van der Waals surface area contributed by atoms with Crippen LogP contribution < -0.4 is 5.56 Å². The minimum absolute atomic E-state index is 0.148. The van der Waals surface area contributed by atoms with Gasteiger partial charge in [0, 0.05) is 24.6 Å². The second kappa shape index (κ2) is 4.65. The number of esters is 1. The molecule has 0 atom stereocenters. The highest BCUT2D eigenvalue weighted by molar-refractivity contribution is 5.99. The third-order valence-electron chi connectivity index (χ3n) is 2.95. The first kappa shape index (κ1) is 13.5. The van der Waals surface area contributed by atoms with Gasteiger partial charge in [-0.25, -0.2) is 4.79 Å². The molecular weight excluding hydrogens is 268 g/mol. The van der Waals surface area contributed by atoms with Crippen molar-refractivity contribution in [1.82, 2.24) is 4.57 Å². The highest BCUT2D eigenvalue weighted by Gasteiger charge is 2.22. The number of aromatic hydroxyl groups is 1. The molecule has 1 aromatic carbocycles. The molecule has 2 rings (SSSR count). The fraction of sp³-hybridized carbons (Fsp3) is 0.167. The number of nitro groups is 1. The van der Waals surface area contributed by atoms with E-state index in [1.54, 1.807) is 0 Å². The second-order valence-corrected chi connectivity index (χ2v) is 4.04. The second-order valence-electron chi connectivity index (χ2n) is 4.04. The van der Waals surface area contributed by atoms with Gasteiger partial charge in [-0.05, 0) is 6.07 Å². The van der Waals surface area contributed by atoms with Crippen LogP contribution in [0.15, 0.2) is 23.0 Å². The normalized spacial score (nSPS) is 10.5. The Hall–Kier alpha value is -2.90. The molecule has 0 fully saturated rings. The average Bonchev–Trinajstić information content (AvgIpc) is 2.44. The molecule has 0 aliphatic carbocycles. The molecule has 0 unspecified atom stereocenters. The summed E-state index contributed by atoms with van der Waals surface area (Å²) in [6.45, 7) is 0. The SMILES string of the molecule is COC(=O)c1c(O)c2ccc([N+](=O)[O-])cc2n(C)c1=O. The van der Waals surface area contributed by atoms with Crippen LogP contribution in [0.2, 0.25) is 0 Å². The predicted octanol–water partition coefficient (Wildman–Crippen LogP) is 0.939. The van der Waals surface area contributed by atoms with Crippen LogP contribution in [0.3, 0.4) is 0 Å². The maximum Gasteiger partial charge on any atom is 0.347 e. The first-order chi connectivity index (χ1) is 9.38. The summed E-state index contributed by atoms with van der Waals surface area (Å²) in [6.07, 6.45) is 0. The molecule has 0 amide bonds. The number of fused-ring (bicyclic) bond motifs is 1. The molecule has 8 nitrogen and oxygen atoms in total. The molecular formula is C12H10N2O6. The molecule has 0 saturated heterocycles. The number of hydrogen-bond donors (Lipinski definition) is 1. The fourth-order valence-corrected chi connectivity index (χ4v) is 1.91. The van der Waals surface area contributed by atoms with E-state index in [0.717, 1.165) is 17.7 Å². The van der Waals surface area contributed by atoms with Crippen LogP contribution >= 0.6 is 0 Å². The Kier molecular flexibility index (Phi) is 3.15. The lowest BCUT2D eigenvalue weighted by atomic mass is 10.1. The van der Waals surface area contributed by atoms with Crippen molar-refractivity contribution in [2.45, 2.75) is 0 Å². The Morgan fingerprint density at radius 3 is 2.65 bits per heavy atom. The van der Waals surface area contributed by atoms with Crippen molar-refractivity contribution in [1.29, 1.82) is 0 Å². The number of ether oxygens (including phenoxy) is 1. The molecule has 20 heavy (non-hydrogen) atoms. The highest BCUT2D eigenvalue weighted by Crippen LogP contribution is 2.29. The molecule has 8 heteroatoms. The molecule has 0 aliphatic rings. The zero-order chi connectivity index (χ0) is 15.0. The average molecular weight is 278 g/mol. The molecule has 0 spiro atoms. The number of pyridine rings is 1. The van der Waals surface area contributed by atoms with Gasteiger partial charge in [-0.1, -0.05) is 0 Å². The minimum Gasteiger partial charge on any atom is -0.506 e. The van der Waals surface area contributed by atoms with E-state index in [1.807, 2.05) is 0 Å². The van der Waals surface area contributed by atoms with E-state index in [2.05, 4.69) is 4.74 Å². The maximum absolute atomic E-state index is 12.0. The van der Waals surface area contributed by atoms with Crippen LogP contribution in [0.1, 0.15) is 10.4 Å². The summed E-state index contributed by atoms with van der Waals surface area (Å²) in [6, 6.07) is 3.60. The lowest BCUT2D eigenvalue weighted by Crippen LogP contribution is -2.25. The number of benzene rings is 1. The third kappa shape index (κ3) is 1.87. The quantitative estimate of drug-likeness (QED) is 0.497. The van der Waals surface area contributed by atoms with E-state index in [1.165, 1.54) is 19.2 Å². The van der Waals surface area contributed by atoms with Crippen molar-refractivity contribution in [2.24, 2.45) is 7.05 Å². The predicted molar refractivity (Wildman–Crippen MR) is 68.8 cm³/mol. The van der Waals surface area contributed by atoms with Crippen LogP contribution in [-0.4, -0.2) is 27.7 Å². The van der Waals surface area contributed by atoms with Gasteiger partial charge in [0.1, 0.15) is 5.75 Å². The van der Waals surface area contributed by atoms with Crippen molar-refractivity contribution in [2.75, 3.05) is 7.11 Å². The molecule has 1 aromatic heterocycles. The number of non-ortho nitro benzene ring substituents is 1. The number of aryl methyl sites for hydroxylation is 1. The third-order valence-corrected chi connectivity index (χ3v) is 2.95. The van der Waals surface area contributed by atoms with E-state index >= 15 is 0 Å². The Labute approximate surface area is 112 Å². The zero-order valence-electron chi connectivity index (χ0n) is 10.6. The molecule has 0 bridgehead atoms. The van der Waals surface area contributed by atoms with Gasteiger partial charge in [0.2, 0.25) is 0 Å². The van der Waals surface area contributed by atoms with Crippen molar-refractivity contribution < 1.29 is 19.6 Å². The van der Waals surface area contributed by atoms with E-state index in [0.29, 0.717) is 0 Å². The molecule has 0 aliphatic heterocycles. The number of carbonyl (C=O) groups excluding carboxylic acids is 1. The lowest BCUT2D eigenvalue weighted by molar-refractivity contribution is -0.384. The number of nitro benzene ring substituents is 1. The molecule has 0 radical (unpaired) electrons. The van der Waals surface area contributed by atoms with Crippen molar-refractivity contribution in [3.05, 3.63) is 44.2 Å². The van der Waals surface area contributed by atoms with E-state index in [-0.39, 0.29) is 16.6 Å². The summed E-state index contributed by atoms with van der Waals surface area (Å²) in [7, 11) is 2.43. The molecule has 2 aromatic rings. The molecule has 104 valence electrons. The zero-order valence-corrected chi connectivity index (χ0v) is 10.6. The number of rotatable bonds is 2. The van der Waals surface area contributed by atoms with Crippen molar-refractivity contribution in [3.8, 4) is 5.75 Å². The summed E-state index contributed by atoms with van der Waals surface area (Å²) < 4.78 is 5.49. The van der Waals surface area contributed by atoms with E-state index in [9.17, 15) is 24.8 Å². The van der Waals surface area contributed by atoms with E-state index < -0.39 is 27.8 Å². The van der Waals surface area contributed by atoms with Gasteiger partial charge < -0.3 is 14.4 Å². The van der Waals surface area contributed by atoms with E-state index in [4.69, 9.17) is 0 Å². The fourth-order valence-electron chi connectivity index (χ4n) is 1.91. The molecule has 1 N–H and O–H groups in total. The Morgan fingerprint density at radius 1 is 1.45 bits per heavy atom. The number of methoxy groups -OCH3 is 1. The molecule has 1 heterocycles. The summed E-state index contributed by atoms with van der Waals surface area (Å²) >= 11 is 0. The topological polar surface area (TPSA) is 112 Å². The van der Waals surface area contributed by atoms with Crippen LogP contribution in [-0.2, 0) is 11.8 Å². The standard InChI is InChI=1S/C12H10N2O6/c1-13-8-5-6(14(18)19)3-4-7(8)10(15)9(11(13)16)12(17)20-2/h3-5,15H,1-2H3. The number of aromatic nitrogens is 1. The number of nitrogens with zero attached hydrogens (tertiary/aromatic N) is 2. The number of hydrogen-bond acceptors (Lipinski definition) is 6. The summed E-state index contributed by atoms with van der Waals surface area (Å²) in [5, 5.41) is 20.9. The van der Waals surface area contributed by atoms with Gasteiger partial charge in [-0.2, -0.15) is 0 Å². The smallest absolute Gasteiger partial charge is 0.347 e. The Balaban J connectivity index is 2.92. The first-order valence-electron chi connectivity index (χ1n) is 5.47. The lowest BCUT2D eigenvalue weighted by Gasteiger charge is -2.10. The van der Waals surface area contributed by atoms with Crippen LogP contribution in [0.5, 0.6) is 5.75 Å². The van der Waals surface area contributed by atoms with Gasteiger partial charge in [0.15, 0.2) is 5.56 Å². The van der Waals surface area contributed by atoms with Gasteiger partial charge >= 0.3 is 5.97 Å². The van der Waals surface area contributed by atoms with Gasteiger partial charge in [0.25, 0.3) is 11.2 Å². The largest absolute Gasteiger partial charge is 0.506 e. The monoisotopic (exact) mass is 278 g/mol. The van der Waals surface area contributed by atoms with Crippen molar-refractivity contribution in [3.63, 3.8) is 0 Å². The van der Waals surface area contributed by atoms with Crippen molar-refractivity contribution >= 4 is 22.6 Å². The van der Waals surface area contributed by atoms with Crippen LogP contribution in [0.25, 0.3) is 10.9 Å². The van der Waals surface area contributed by atoms with Crippen LogP contribution in [0.4, 0.5) is 5.69 Å². The maximum atomic E-state index is 12.0. The van der Waals surface area contributed by atoms with Gasteiger partial charge in [0.05, 0.1) is 17.5 Å². The van der Waals surface area contributed by atoms with Gasteiger partial charge in [-0.15, -0.1) is 0 Å². The Morgan fingerprint density at radius 2 is 2.10 bits per heavy atom. The summed E-state index contributed by atoms with van der Waals surface area (Å²) in [5.74, 6) is -1.52. The highest BCUT2D eigenvalue weighted by atomic mass is 16.6. The van der Waals surface area contributed by atoms with Gasteiger partial charge in [-0.3, -0.25) is 14.9 Å². The molecule has 0 saturated carbocycles. The first-order valence-corrected chi connectivity index (χ1v) is 5.47. The minimum atomic E-state index is -0.969. The number of carbonyl (C=O) groups is 1. The summed E-state index contributed by atoms with van der Waals surface area (Å²) in [5.41, 5.74) is -1.37. The Bertz CT molecular complexity index is 793. The van der Waals surface area contributed by atoms with Crippen LogP contribution in [0, 0.1) is 10.1 Å². The summed E-state index contributed by atoms with van der Waals surface area (Å²) in [4.78, 5) is 33.7.